The van der Waals surface area contributed by atoms with Gasteiger partial charge in [0, 0.05) is 5.56 Å². The first-order valence-corrected chi connectivity index (χ1v) is 5.26. The number of rotatable bonds is 3. The molecule has 0 aliphatic heterocycles. The number of hydrogen-bond acceptors (Lipinski definition) is 4. The molecule has 1 aromatic carbocycles. The fraction of sp³-hybridized carbons (Fsp3) is 0.250. The van der Waals surface area contributed by atoms with Crippen LogP contribution in [0.2, 0.25) is 0 Å². The van der Waals surface area contributed by atoms with Crippen LogP contribution < -0.4 is 10.5 Å². The maximum Gasteiger partial charge on any atom is 0.225 e. The van der Waals surface area contributed by atoms with Crippen LogP contribution in [0.25, 0.3) is 11.3 Å². The highest BCUT2D eigenvalue weighted by Crippen LogP contribution is 2.35. The fourth-order valence-corrected chi connectivity index (χ4v) is 1.76. The summed E-state index contributed by atoms with van der Waals surface area (Å²) in [5.41, 5.74) is 7.01. The van der Waals surface area contributed by atoms with Crippen molar-refractivity contribution in [3.63, 3.8) is 0 Å². The Kier molecular flexibility index (Phi) is 2.99. The van der Waals surface area contributed by atoms with Crippen molar-refractivity contribution in [2.75, 3.05) is 12.8 Å². The minimum absolute atomic E-state index is 0.216. The number of anilines is 1. The molecule has 90 valence electrons. The van der Waals surface area contributed by atoms with Crippen molar-refractivity contribution in [3.8, 4) is 17.0 Å². The molecule has 0 amide bonds. The zero-order chi connectivity index (χ0) is 12.4. The molecule has 2 N–H and O–H groups in total. The van der Waals surface area contributed by atoms with Gasteiger partial charge in [-0.05, 0) is 18.6 Å². The Balaban J connectivity index is 2.67. The summed E-state index contributed by atoms with van der Waals surface area (Å²) >= 11 is 0. The van der Waals surface area contributed by atoms with Gasteiger partial charge in [0.15, 0.2) is 0 Å². The maximum absolute atomic E-state index is 13.8. The van der Waals surface area contributed by atoms with E-state index in [0.717, 1.165) is 0 Å². The van der Waals surface area contributed by atoms with Crippen LogP contribution in [0.3, 0.4) is 0 Å². The minimum Gasteiger partial charge on any atom is -0.496 e. The SMILES string of the molecule is CCc1c(-c2c(F)cccc2OC)noc1N. The van der Waals surface area contributed by atoms with Crippen LogP contribution in [0.5, 0.6) is 5.75 Å². The van der Waals surface area contributed by atoms with Crippen LogP contribution in [-0.4, -0.2) is 12.3 Å². The standard InChI is InChI=1S/C12H13FN2O2/c1-3-7-11(15-17-12(7)14)10-8(13)5-4-6-9(10)16-2/h4-6H,3,14H2,1-2H3. The summed E-state index contributed by atoms with van der Waals surface area (Å²) in [5.74, 6) is 0.216. The van der Waals surface area contributed by atoms with Crippen LogP contribution in [-0.2, 0) is 6.42 Å². The van der Waals surface area contributed by atoms with Crippen molar-refractivity contribution in [1.29, 1.82) is 0 Å². The highest BCUT2D eigenvalue weighted by molar-refractivity contribution is 5.73. The quantitative estimate of drug-likeness (QED) is 0.889. The van der Waals surface area contributed by atoms with E-state index in [1.165, 1.54) is 13.2 Å². The van der Waals surface area contributed by atoms with Crippen LogP contribution in [0.1, 0.15) is 12.5 Å². The Bertz CT molecular complexity index is 537. The van der Waals surface area contributed by atoms with Crippen molar-refractivity contribution in [3.05, 3.63) is 29.6 Å². The molecule has 0 saturated carbocycles. The summed E-state index contributed by atoms with van der Waals surface area (Å²) in [6, 6.07) is 4.59. The lowest BCUT2D eigenvalue weighted by Crippen LogP contribution is -1.95. The lowest BCUT2D eigenvalue weighted by Gasteiger charge is -2.07. The Morgan fingerprint density at radius 2 is 2.24 bits per heavy atom. The Labute approximate surface area is 98.2 Å². The average Bonchev–Trinajstić information content (AvgIpc) is 2.69. The molecule has 0 fully saturated rings. The fourth-order valence-electron chi connectivity index (χ4n) is 1.76. The Morgan fingerprint density at radius 3 is 2.88 bits per heavy atom. The number of halogens is 1. The minimum atomic E-state index is -0.410. The van der Waals surface area contributed by atoms with Gasteiger partial charge in [-0.1, -0.05) is 18.1 Å². The molecule has 2 rings (SSSR count). The molecule has 1 heterocycles. The summed E-state index contributed by atoms with van der Waals surface area (Å²) in [6.07, 6.45) is 0.613. The topological polar surface area (TPSA) is 61.3 Å². The molecule has 0 unspecified atom stereocenters. The molecule has 0 atom stereocenters. The van der Waals surface area contributed by atoms with Gasteiger partial charge in [-0.3, -0.25) is 0 Å². The summed E-state index contributed by atoms with van der Waals surface area (Å²) in [6.45, 7) is 1.90. The summed E-state index contributed by atoms with van der Waals surface area (Å²) < 4.78 is 23.9. The first-order valence-electron chi connectivity index (χ1n) is 5.26. The van der Waals surface area contributed by atoms with Gasteiger partial charge >= 0.3 is 0 Å². The molecular formula is C12H13FN2O2. The van der Waals surface area contributed by atoms with Crippen LogP contribution in [0, 0.1) is 5.82 Å². The highest BCUT2D eigenvalue weighted by atomic mass is 19.1. The number of methoxy groups -OCH3 is 1. The van der Waals surface area contributed by atoms with Gasteiger partial charge in [-0.25, -0.2) is 4.39 Å². The smallest absolute Gasteiger partial charge is 0.225 e. The predicted octanol–water partition coefficient (Wildman–Crippen LogP) is 2.63. The van der Waals surface area contributed by atoms with Gasteiger partial charge in [0.25, 0.3) is 0 Å². The third-order valence-corrected chi connectivity index (χ3v) is 2.60. The number of nitrogens with zero attached hydrogens (tertiary/aromatic N) is 1. The van der Waals surface area contributed by atoms with Gasteiger partial charge in [0.2, 0.25) is 5.88 Å². The van der Waals surface area contributed by atoms with Crippen LogP contribution in [0.15, 0.2) is 22.7 Å². The van der Waals surface area contributed by atoms with E-state index in [0.29, 0.717) is 23.4 Å². The predicted molar refractivity (Wildman–Crippen MR) is 62.2 cm³/mol. The van der Waals surface area contributed by atoms with Gasteiger partial charge in [0.1, 0.15) is 17.3 Å². The third kappa shape index (κ3) is 1.84. The number of aromatic nitrogens is 1. The van der Waals surface area contributed by atoms with Gasteiger partial charge < -0.3 is 15.0 Å². The monoisotopic (exact) mass is 236 g/mol. The number of nitrogens with two attached hydrogens (primary N) is 1. The van der Waals surface area contributed by atoms with Crippen LogP contribution in [0.4, 0.5) is 10.3 Å². The second-order valence-electron chi connectivity index (χ2n) is 3.54. The number of hydrogen-bond donors (Lipinski definition) is 1. The van der Waals surface area contributed by atoms with Gasteiger partial charge in [0.05, 0.1) is 12.7 Å². The van der Waals surface area contributed by atoms with E-state index in [1.807, 2.05) is 6.92 Å². The summed E-state index contributed by atoms with van der Waals surface area (Å²) in [7, 11) is 1.48. The third-order valence-electron chi connectivity index (χ3n) is 2.60. The molecule has 4 nitrogen and oxygen atoms in total. The largest absolute Gasteiger partial charge is 0.496 e. The molecule has 0 bridgehead atoms. The molecular weight excluding hydrogens is 223 g/mol. The Morgan fingerprint density at radius 1 is 1.47 bits per heavy atom. The summed E-state index contributed by atoms with van der Waals surface area (Å²) in [5, 5.41) is 3.81. The molecule has 0 aliphatic carbocycles. The Hall–Kier alpha value is -2.04. The van der Waals surface area contributed by atoms with E-state index < -0.39 is 5.82 Å². The number of benzene rings is 1. The second kappa shape index (κ2) is 4.45. The zero-order valence-electron chi connectivity index (χ0n) is 9.66. The molecule has 2 aromatic rings. The molecule has 0 spiro atoms. The summed E-state index contributed by atoms with van der Waals surface area (Å²) in [4.78, 5) is 0. The van der Waals surface area contributed by atoms with Crippen molar-refractivity contribution in [2.45, 2.75) is 13.3 Å². The van der Waals surface area contributed by atoms with Crippen LogP contribution >= 0.6 is 0 Å². The average molecular weight is 236 g/mol. The van der Waals surface area contributed by atoms with Crippen molar-refractivity contribution < 1.29 is 13.7 Å². The van der Waals surface area contributed by atoms with Crippen molar-refractivity contribution in [1.82, 2.24) is 5.16 Å². The number of nitrogen functional groups attached to an aromatic ring is 1. The maximum atomic E-state index is 13.8. The molecule has 1 aromatic heterocycles. The lowest BCUT2D eigenvalue weighted by molar-refractivity contribution is 0.410. The van der Waals surface area contributed by atoms with E-state index in [-0.39, 0.29) is 11.4 Å². The highest BCUT2D eigenvalue weighted by Gasteiger charge is 2.20. The van der Waals surface area contributed by atoms with E-state index >= 15 is 0 Å². The first-order chi connectivity index (χ1) is 8.19. The van der Waals surface area contributed by atoms with Crippen molar-refractivity contribution >= 4 is 5.88 Å². The second-order valence-corrected chi connectivity index (χ2v) is 3.54. The normalized spacial score (nSPS) is 10.5. The lowest BCUT2D eigenvalue weighted by atomic mass is 10.0. The molecule has 5 heteroatoms. The first kappa shape index (κ1) is 11.4. The molecule has 17 heavy (non-hydrogen) atoms. The van der Waals surface area contributed by atoms with Gasteiger partial charge in [-0.15, -0.1) is 0 Å². The number of ether oxygens (including phenoxy) is 1. The van der Waals surface area contributed by atoms with Crippen molar-refractivity contribution in [2.24, 2.45) is 0 Å². The van der Waals surface area contributed by atoms with E-state index in [2.05, 4.69) is 5.16 Å². The van der Waals surface area contributed by atoms with E-state index in [9.17, 15) is 4.39 Å². The zero-order valence-corrected chi connectivity index (χ0v) is 9.66. The molecule has 0 radical (unpaired) electrons. The molecule has 0 saturated heterocycles. The van der Waals surface area contributed by atoms with E-state index in [1.54, 1.807) is 12.1 Å². The molecule has 0 aliphatic rings. The van der Waals surface area contributed by atoms with Gasteiger partial charge in [-0.2, -0.15) is 0 Å². The van der Waals surface area contributed by atoms with E-state index in [4.69, 9.17) is 15.0 Å².